The van der Waals surface area contributed by atoms with Crippen molar-refractivity contribution in [3.05, 3.63) is 29.1 Å². The van der Waals surface area contributed by atoms with Crippen molar-refractivity contribution in [1.82, 2.24) is 4.72 Å². The number of hydrogen-bond acceptors (Lipinski definition) is 4. The molecule has 21 heavy (non-hydrogen) atoms. The minimum Gasteiger partial charge on any atom is -0.480 e. The number of aliphatic carboxylic acids is 1. The quantitative estimate of drug-likeness (QED) is 0.795. The second-order valence-corrected chi connectivity index (χ2v) is 7.30. The van der Waals surface area contributed by atoms with Crippen LogP contribution in [0, 0.1) is 19.7 Å². The predicted molar refractivity (Wildman–Crippen MR) is 80.6 cm³/mol. The molecule has 0 aromatic heterocycles. The maximum atomic E-state index is 13.2. The van der Waals surface area contributed by atoms with Crippen LogP contribution >= 0.6 is 11.8 Å². The van der Waals surface area contributed by atoms with E-state index in [0.717, 1.165) is 12.1 Å². The van der Waals surface area contributed by atoms with Crippen LogP contribution < -0.4 is 4.72 Å². The molecular formula is C13H18FNO4S2. The van der Waals surface area contributed by atoms with Crippen LogP contribution in [-0.4, -0.2) is 37.5 Å². The van der Waals surface area contributed by atoms with Gasteiger partial charge in [0.05, 0.1) is 4.90 Å². The molecule has 0 saturated heterocycles. The molecule has 0 spiro atoms. The third kappa shape index (κ3) is 4.69. The van der Waals surface area contributed by atoms with E-state index in [0.29, 0.717) is 5.75 Å². The van der Waals surface area contributed by atoms with Gasteiger partial charge in [0.15, 0.2) is 0 Å². The summed E-state index contributed by atoms with van der Waals surface area (Å²) in [7, 11) is -4.02. The second-order valence-electron chi connectivity index (χ2n) is 4.66. The molecule has 0 radical (unpaired) electrons. The molecule has 0 aliphatic heterocycles. The largest absolute Gasteiger partial charge is 0.480 e. The van der Waals surface area contributed by atoms with Crippen LogP contribution in [0.15, 0.2) is 17.0 Å². The molecule has 0 amide bonds. The lowest BCUT2D eigenvalue weighted by Gasteiger charge is -2.17. The minimum atomic E-state index is -4.02. The number of carboxylic acid groups (broad SMARTS) is 1. The van der Waals surface area contributed by atoms with E-state index in [9.17, 15) is 17.6 Å². The molecule has 0 fully saturated rings. The number of carbonyl (C=O) groups is 1. The Morgan fingerprint density at radius 3 is 2.33 bits per heavy atom. The van der Waals surface area contributed by atoms with Gasteiger partial charge in [-0.1, -0.05) is 0 Å². The molecular weight excluding hydrogens is 317 g/mol. The Kier molecular flexibility index (Phi) is 6.18. The molecule has 1 unspecified atom stereocenters. The molecule has 1 aromatic rings. The molecule has 8 heteroatoms. The smallest absolute Gasteiger partial charge is 0.321 e. The third-order valence-electron chi connectivity index (χ3n) is 2.90. The van der Waals surface area contributed by atoms with E-state index in [1.807, 2.05) is 6.26 Å². The van der Waals surface area contributed by atoms with Crippen molar-refractivity contribution in [1.29, 1.82) is 0 Å². The molecule has 0 heterocycles. The molecule has 118 valence electrons. The summed E-state index contributed by atoms with van der Waals surface area (Å²) >= 11 is 1.43. The number of nitrogens with one attached hydrogen (secondary N) is 1. The topological polar surface area (TPSA) is 83.5 Å². The van der Waals surface area contributed by atoms with Crippen LogP contribution in [0.4, 0.5) is 4.39 Å². The predicted octanol–water partition coefficient (Wildman–Crippen LogP) is 1.93. The van der Waals surface area contributed by atoms with Crippen molar-refractivity contribution < 1.29 is 22.7 Å². The molecule has 0 aliphatic rings. The Morgan fingerprint density at radius 2 is 1.90 bits per heavy atom. The molecule has 1 aromatic carbocycles. The van der Waals surface area contributed by atoms with Gasteiger partial charge in [0.2, 0.25) is 10.0 Å². The molecule has 0 saturated carbocycles. The summed E-state index contributed by atoms with van der Waals surface area (Å²) in [6.07, 6.45) is 1.98. The van der Waals surface area contributed by atoms with Crippen LogP contribution in [-0.2, 0) is 14.8 Å². The highest BCUT2D eigenvalue weighted by Crippen LogP contribution is 2.22. The lowest BCUT2D eigenvalue weighted by atomic mass is 10.1. The Labute approximate surface area is 128 Å². The highest BCUT2D eigenvalue weighted by atomic mass is 32.2. The Morgan fingerprint density at radius 1 is 1.38 bits per heavy atom. The van der Waals surface area contributed by atoms with Gasteiger partial charge < -0.3 is 5.11 Å². The van der Waals surface area contributed by atoms with Gasteiger partial charge in [-0.25, -0.2) is 12.8 Å². The highest BCUT2D eigenvalue weighted by Gasteiger charge is 2.27. The average molecular weight is 335 g/mol. The standard InChI is InChI=1S/C13H18FNO4S2/c1-8-6-10(14)7-9(2)12(8)21(18,19)15-11(13(16)17)4-5-20-3/h6-7,11,15H,4-5H2,1-3H3,(H,16,17). The van der Waals surface area contributed by atoms with Crippen LogP contribution in [0.2, 0.25) is 0 Å². The first kappa shape index (κ1) is 17.9. The van der Waals surface area contributed by atoms with E-state index >= 15 is 0 Å². The van der Waals surface area contributed by atoms with Crippen molar-refractivity contribution in [3.8, 4) is 0 Å². The number of sulfonamides is 1. The SMILES string of the molecule is CSCCC(NS(=O)(=O)c1c(C)cc(F)cc1C)C(=O)O. The summed E-state index contributed by atoms with van der Waals surface area (Å²) in [5, 5.41) is 9.10. The fourth-order valence-corrected chi connectivity index (χ4v) is 4.18. The molecule has 1 atom stereocenters. The Hall–Kier alpha value is -1.12. The number of aryl methyl sites for hydroxylation is 2. The molecule has 2 N–H and O–H groups in total. The van der Waals surface area contributed by atoms with Crippen molar-refractivity contribution in [3.63, 3.8) is 0 Å². The van der Waals surface area contributed by atoms with E-state index in [2.05, 4.69) is 4.72 Å². The summed E-state index contributed by atoms with van der Waals surface area (Å²) in [6, 6.07) is 1.02. The van der Waals surface area contributed by atoms with E-state index in [1.165, 1.54) is 25.6 Å². The number of hydrogen-bond donors (Lipinski definition) is 2. The summed E-state index contributed by atoms with van der Waals surface area (Å²) < 4.78 is 40.1. The van der Waals surface area contributed by atoms with Crippen molar-refractivity contribution >= 4 is 27.8 Å². The van der Waals surface area contributed by atoms with Gasteiger partial charge in [-0.05, 0) is 55.5 Å². The number of rotatable bonds is 7. The first-order valence-electron chi connectivity index (χ1n) is 6.20. The lowest BCUT2D eigenvalue weighted by Crippen LogP contribution is -2.41. The molecule has 0 bridgehead atoms. The normalized spacial score (nSPS) is 13.1. The van der Waals surface area contributed by atoms with Gasteiger partial charge in [-0.2, -0.15) is 16.5 Å². The zero-order chi connectivity index (χ0) is 16.2. The van der Waals surface area contributed by atoms with Gasteiger partial charge in [-0.15, -0.1) is 0 Å². The first-order chi connectivity index (χ1) is 9.69. The van der Waals surface area contributed by atoms with E-state index < -0.39 is 27.9 Å². The van der Waals surface area contributed by atoms with Crippen molar-refractivity contribution in [2.75, 3.05) is 12.0 Å². The highest BCUT2D eigenvalue weighted by molar-refractivity contribution is 7.98. The lowest BCUT2D eigenvalue weighted by molar-refractivity contribution is -0.139. The Balaban J connectivity index is 3.14. The maximum absolute atomic E-state index is 13.2. The van der Waals surface area contributed by atoms with Gasteiger partial charge in [0, 0.05) is 0 Å². The minimum absolute atomic E-state index is 0.0701. The van der Waals surface area contributed by atoms with Gasteiger partial charge in [-0.3, -0.25) is 4.79 Å². The fourth-order valence-electron chi connectivity index (χ4n) is 2.04. The number of benzene rings is 1. The second kappa shape index (κ2) is 7.24. The van der Waals surface area contributed by atoms with E-state index in [1.54, 1.807) is 0 Å². The Bertz CT molecular complexity index is 608. The van der Waals surface area contributed by atoms with Gasteiger partial charge in [0.25, 0.3) is 0 Å². The number of carboxylic acids is 1. The summed E-state index contributed by atoms with van der Waals surface area (Å²) in [5.41, 5.74) is 0.489. The van der Waals surface area contributed by atoms with Crippen molar-refractivity contribution in [2.24, 2.45) is 0 Å². The fraction of sp³-hybridized carbons (Fsp3) is 0.462. The molecule has 0 aliphatic carbocycles. The van der Waals surface area contributed by atoms with Crippen LogP contribution in [0.25, 0.3) is 0 Å². The number of halogens is 1. The number of thioether (sulfide) groups is 1. The van der Waals surface area contributed by atoms with Crippen LogP contribution in [0.3, 0.4) is 0 Å². The molecule has 5 nitrogen and oxygen atoms in total. The first-order valence-corrected chi connectivity index (χ1v) is 9.07. The van der Waals surface area contributed by atoms with Gasteiger partial charge >= 0.3 is 5.97 Å². The van der Waals surface area contributed by atoms with Gasteiger partial charge in [0.1, 0.15) is 11.9 Å². The zero-order valence-electron chi connectivity index (χ0n) is 12.0. The van der Waals surface area contributed by atoms with E-state index in [4.69, 9.17) is 5.11 Å². The maximum Gasteiger partial charge on any atom is 0.321 e. The zero-order valence-corrected chi connectivity index (χ0v) is 13.6. The van der Waals surface area contributed by atoms with E-state index in [-0.39, 0.29) is 22.4 Å². The summed E-state index contributed by atoms with van der Waals surface area (Å²) in [5.74, 6) is -1.24. The summed E-state index contributed by atoms with van der Waals surface area (Å²) in [6.45, 7) is 2.95. The molecule has 1 rings (SSSR count). The monoisotopic (exact) mass is 335 g/mol. The van der Waals surface area contributed by atoms with Crippen LogP contribution in [0.5, 0.6) is 0 Å². The average Bonchev–Trinajstić information content (AvgIpc) is 2.32. The van der Waals surface area contributed by atoms with Crippen molar-refractivity contribution in [2.45, 2.75) is 31.2 Å². The summed E-state index contributed by atoms with van der Waals surface area (Å²) in [4.78, 5) is 11.1. The van der Waals surface area contributed by atoms with Crippen LogP contribution in [0.1, 0.15) is 17.5 Å². The third-order valence-corrected chi connectivity index (χ3v) is 5.32.